The third-order valence-electron chi connectivity index (χ3n) is 6.04. The molecule has 1 aliphatic rings. The molecule has 1 atom stereocenters. The number of carboxylic acid groups (broad SMARTS) is 1. The van der Waals surface area contributed by atoms with E-state index in [2.05, 4.69) is 5.32 Å². The molecule has 0 saturated carbocycles. The van der Waals surface area contributed by atoms with E-state index in [0.29, 0.717) is 0 Å². The summed E-state index contributed by atoms with van der Waals surface area (Å²) in [6.07, 6.45) is -1.30. The second-order valence-corrected chi connectivity index (χ2v) is 8.70. The smallest absolute Gasteiger partial charge is 0.407 e. The summed E-state index contributed by atoms with van der Waals surface area (Å²) in [5.41, 5.74) is 4.06. The molecule has 2 aromatic rings. The predicted molar refractivity (Wildman–Crippen MR) is 122 cm³/mol. The van der Waals surface area contributed by atoms with E-state index < -0.39 is 36.4 Å². The Bertz CT molecular complexity index is 1010. The molecule has 0 bridgehead atoms. The molecule has 2 amide bonds. The summed E-state index contributed by atoms with van der Waals surface area (Å²) in [6, 6.07) is 15.5. The Morgan fingerprint density at radius 3 is 2.09 bits per heavy atom. The standard InChI is InChI=1S/C25H28F2N2O5/c1-15(2)16(11-22(30)31)12-28-23(32)25(26,27)14-29-24(33)34-13-21-19-9-5-3-7-17(19)18-8-4-6-10-20(18)21/h3-10,15-16,21H,11-14H2,1-2H3,(H,28,32)(H,29,33)(H,30,31). The molecule has 9 heteroatoms. The third-order valence-corrected chi connectivity index (χ3v) is 6.04. The van der Waals surface area contributed by atoms with Gasteiger partial charge in [-0.15, -0.1) is 0 Å². The number of amides is 2. The first kappa shape index (κ1) is 25.1. The van der Waals surface area contributed by atoms with Crippen LogP contribution in [0.2, 0.25) is 0 Å². The highest BCUT2D eigenvalue weighted by molar-refractivity contribution is 5.84. The van der Waals surface area contributed by atoms with Gasteiger partial charge >= 0.3 is 18.0 Å². The number of carboxylic acids is 1. The molecule has 2 aromatic carbocycles. The summed E-state index contributed by atoms with van der Waals surface area (Å²) in [5.74, 6) is -7.37. The predicted octanol–water partition coefficient (Wildman–Crippen LogP) is 4.02. The Hall–Kier alpha value is -3.49. The molecule has 34 heavy (non-hydrogen) atoms. The van der Waals surface area contributed by atoms with Crippen molar-refractivity contribution in [3.05, 3.63) is 59.7 Å². The number of hydrogen-bond acceptors (Lipinski definition) is 4. The molecule has 0 spiro atoms. The fraction of sp³-hybridized carbons (Fsp3) is 0.400. The van der Waals surface area contributed by atoms with Crippen LogP contribution >= 0.6 is 0 Å². The first-order valence-corrected chi connectivity index (χ1v) is 11.1. The fourth-order valence-corrected chi connectivity index (χ4v) is 4.03. The largest absolute Gasteiger partial charge is 0.481 e. The van der Waals surface area contributed by atoms with Crippen LogP contribution in [0.25, 0.3) is 11.1 Å². The molecule has 182 valence electrons. The molecule has 3 rings (SSSR count). The number of alkyl carbamates (subject to hydrolysis) is 1. The Balaban J connectivity index is 1.52. The second-order valence-electron chi connectivity index (χ2n) is 8.70. The lowest BCUT2D eigenvalue weighted by Crippen LogP contribution is -2.49. The fourth-order valence-electron chi connectivity index (χ4n) is 4.03. The quantitative estimate of drug-likeness (QED) is 0.482. The van der Waals surface area contributed by atoms with E-state index >= 15 is 0 Å². The number of hydrogen-bond donors (Lipinski definition) is 3. The number of carbonyl (C=O) groups is 3. The lowest BCUT2D eigenvalue weighted by molar-refractivity contribution is -0.145. The van der Waals surface area contributed by atoms with Crippen molar-refractivity contribution in [3.63, 3.8) is 0 Å². The van der Waals surface area contributed by atoms with Gasteiger partial charge in [0.05, 0.1) is 13.0 Å². The van der Waals surface area contributed by atoms with Crippen LogP contribution in [0.5, 0.6) is 0 Å². The number of rotatable bonds is 10. The normalized spacial score (nSPS) is 13.7. The Labute approximate surface area is 196 Å². The van der Waals surface area contributed by atoms with Crippen molar-refractivity contribution in [1.29, 1.82) is 0 Å². The SMILES string of the molecule is CC(C)C(CNC(=O)C(F)(F)CNC(=O)OCC1c2ccccc2-c2ccccc21)CC(=O)O. The van der Waals surface area contributed by atoms with Gasteiger partial charge in [-0.25, -0.2) is 4.79 Å². The summed E-state index contributed by atoms with van der Waals surface area (Å²) in [6.45, 7) is 2.01. The Morgan fingerprint density at radius 1 is 1.00 bits per heavy atom. The molecule has 0 saturated heterocycles. The maximum Gasteiger partial charge on any atom is 0.407 e. The molecule has 0 radical (unpaired) electrons. The van der Waals surface area contributed by atoms with E-state index in [1.54, 1.807) is 13.8 Å². The zero-order valence-corrected chi connectivity index (χ0v) is 19.0. The number of nitrogens with one attached hydrogen (secondary N) is 2. The minimum atomic E-state index is -3.88. The average Bonchev–Trinajstić information content (AvgIpc) is 3.12. The lowest BCUT2D eigenvalue weighted by atomic mass is 9.92. The van der Waals surface area contributed by atoms with Crippen LogP contribution in [0.3, 0.4) is 0 Å². The molecule has 0 aliphatic heterocycles. The van der Waals surface area contributed by atoms with Gasteiger partial charge in [0.2, 0.25) is 0 Å². The molecule has 7 nitrogen and oxygen atoms in total. The summed E-state index contributed by atoms with van der Waals surface area (Å²) < 4.78 is 33.7. The molecule has 0 aromatic heterocycles. The highest BCUT2D eigenvalue weighted by Gasteiger charge is 2.39. The van der Waals surface area contributed by atoms with Gasteiger partial charge in [-0.2, -0.15) is 8.78 Å². The average molecular weight is 475 g/mol. The van der Waals surface area contributed by atoms with Crippen molar-refractivity contribution in [2.45, 2.75) is 32.1 Å². The van der Waals surface area contributed by atoms with E-state index in [1.165, 1.54) is 0 Å². The van der Waals surface area contributed by atoms with Gasteiger partial charge < -0.3 is 20.5 Å². The van der Waals surface area contributed by atoms with Gasteiger partial charge in [0.25, 0.3) is 5.91 Å². The van der Waals surface area contributed by atoms with Crippen molar-refractivity contribution in [2.75, 3.05) is 19.7 Å². The van der Waals surface area contributed by atoms with Gasteiger partial charge in [-0.05, 0) is 34.1 Å². The van der Waals surface area contributed by atoms with E-state index in [9.17, 15) is 23.2 Å². The zero-order chi connectivity index (χ0) is 24.9. The van der Waals surface area contributed by atoms with Crippen LogP contribution in [0.4, 0.5) is 13.6 Å². The van der Waals surface area contributed by atoms with E-state index in [4.69, 9.17) is 9.84 Å². The summed E-state index contributed by atoms with van der Waals surface area (Å²) in [5, 5.41) is 13.0. The van der Waals surface area contributed by atoms with Crippen molar-refractivity contribution in [3.8, 4) is 11.1 Å². The molecule has 1 unspecified atom stereocenters. The van der Waals surface area contributed by atoms with E-state index in [-0.39, 0.29) is 31.4 Å². The molecule has 0 fully saturated rings. The van der Waals surface area contributed by atoms with Crippen LogP contribution in [0.1, 0.15) is 37.3 Å². The van der Waals surface area contributed by atoms with E-state index in [1.807, 2.05) is 53.8 Å². The summed E-state index contributed by atoms with van der Waals surface area (Å²) in [4.78, 5) is 34.9. The monoisotopic (exact) mass is 474 g/mol. The number of benzene rings is 2. The van der Waals surface area contributed by atoms with Crippen molar-refractivity contribution < 1.29 is 33.0 Å². The van der Waals surface area contributed by atoms with Gasteiger partial charge in [0.1, 0.15) is 6.61 Å². The zero-order valence-electron chi connectivity index (χ0n) is 19.0. The lowest BCUT2D eigenvalue weighted by Gasteiger charge is -2.22. The summed E-state index contributed by atoms with van der Waals surface area (Å²) >= 11 is 0. The number of carbonyl (C=O) groups excluding carboxylic acids is 2. The topological polar surface area (TPSA) is 105 Å². The maximum absolute atomic E-state index is 14.2. The van der Waals surface area contributed by atoms with Crippen LogP contribution in [-0.4, -0.2) is 48.7 Å². The molecule has 3 N–H and O–H groups in total. The number of fused-ring (bicyclic) bond motifs is 3. The van der Waals surface area contributed by atoms with Crippen molar-refractivity contribution in [1.82, 2.24) is 10.6 Å². The van der Waals surface area contributed by atoms with E-state index in [0.717, 1.165) is 22.3 Å². The minimum Gasteiger partial charge on any atom is -0.481 e. The van der Waals surface area contributed by atoms with Crippen LogP contribution in [0.15, 0.2) is 48.5 Å². The second kappa shape index (κ2) is 10.6. The number of alkyl halides is 2. The summed E-state index contributed by atoms with van der Waals surface area (Å²) in [7, 11) is 0. The van der Waals surface area contributed by atoms with Gasteiger partial charge in [0.15, 0.2) is 0 Å². The highest BCUT2D eigenvalue weighted by Crippen LogP contribution is 2.44. The molecule has 0 heterocycles. The molecular weight excluding hydrogens is 446 g/mol. The van der Waals surface area contributed by atoms with Crippen molar-refractivity contribution >= 4 is 18.0 Å². The molecular formula is C25H28F2N2O5. The number of ether oxygens (including phenoxy) is 1. The van der Waals surface area contributed by atoms with Crippen molar-refractivity contribution in [2.24, 2.45) is 11.8 Å². The van der Waals surface area contributed by atoms with Crippen LogP contribution < -0.4 is 10.6 Å². The first-order valence-electron chi connectivity index (χ1n) is 11.1. The maximum atomic E-state index is 14.2. The number of aliphatic carboxylic acids is 1. The molecule has 1 aliphatic carbocycles. The van der Waals surface area contributed by atoms with Gasteiger partial charge in [-0.3, -0.25) is 9.59 Å². The van der Waals surface area contributed by atoms with Gasteiger partial charge in [-0.1, -0.05) is 62.4 Å². The Kier molecular flexibility index (Phi) is 7.86. The first-order chi connectivity index (χ1) is 16.1. The Morgan fingerprint density at radius 2 is 1.56 bits per heavy atom. The van der Waals surface area contributed by atoms with Gasteiger partial charge in [0, 0.05) is 12.5 Å². The number of halogens is 2. The van der Waals surface area contributed by atoms with Crippen LogP contribution in [-0.2, 0) is 14.3 Å². The highest BCUT2D eigenvalue weighted by atomic mass is 19.3. The minimum absolute atomic E-state index is 0.0388. The van der Waals surface area contributed by atoms with Crippen LogP contribution in [0, 0.1) is 11.8 Å². The third kappa shape index (κ3) is 5.89.